The molecular formula is C14H17FN2. The third-order valence-corrected chi connectivity index (χ3v) is 3.52. The van der Waals surface area contributed by atoms with Crippen molar-refractivity contribution in [3.63, 3.8) is 0 Å². The van der Waals surface area contributed by atoms with E-state index < -0.39 is 0 Å². The van der Waals surface area contributed by atoms with Gasteiger partial charge in [0.05, 0.1) is 17.3 Å². The molecule has 0 radical (unpaired) electrons. The number of anilines is 1. The van der Waals surface area contributed by atoms with Crippen molar-refractivity contribution in [1.82, 2.24) is 0 Å². The van der Waals surface area contributed by atoms with E-state index in [9.17, 15) is 4.39 Å². The van der Waals surface area contributed by atoms with E-state index in [-0.39, 0.29) is 11.2 Å². The van der Waals surface area contributed by atoms with Crippen molar-refractivity contribution in [2.45, 2.75) is 20.8 Å². The summed E-state index contributed by atoms with van der Waals surface area (Å²) in [5, 5.41) is 8.68. The molecule has 1 aromatic carbocycles. The maximum absolute atomic E-state index is 13.7. The number of benzene rings is 1. The van der Waals surface area contributed by atoms with Crippen LogP contribution in [0.4, 0.5) is 10.1 Å². The Bertz CT molecular complexity index is 462. The standard InChI is InChI=1S/C14H17FN2/c1-14(2,3)11-8-17(9-11)13-5-4-10(7-16)6-12(13)15/h4-6,11H,8-9H2,1-3H3. The zero-order valence-electron chi connectivity index (χ0n) is 10.5. The van der Waals surface area contributed by atoms with E-state index in [1.807, 2.05) is 11.0 Å². The van der Waals surface area contributed by atoms with Crippen LogP contribution >= 0.6 is 0 Å². The largest absolute Gasteiger partial charge is 0.368 e. The Morgan fingerprint density at radius 2 is 2.00 bits per heavy atom. The lowest BCUT2D eigenvalue weighted by Crippen LogP contribution is -2.52. The van der Waals surface area contributed by atoms with Gasteiger partial charge in [0.15, 0.2) is 0 Å². The minimum atomic E-state index is -0.295. The lowest BCUT2D eigenvalue weighted by atomic mass is 9.76. The van der Waals surface area contributed by atoms with Crippen molar-refractivity contribution in [2.24, 2.45) is 11.3 Å². The summed E-state index contributed by atoms with van der Waals surface area (Å²) in [5.41, 5.74) is 1.27. The van der Waals surface area contributed by atoms with E-state index in [4.69, 9.17) is 5.26 Å². The van der Waals surface area contributed by atoms with Crippen molar-refractivity contribution in [1.29, 1.82) is 5.26 Å². The van der Waals surface area contributed by atoms with Gasteiger partial charge in [-0.3, -0.25) is 0 Å². The van der Waals surface area contributed by atoms with Crippen LogP contribution in [-0.2, 0) is 0 Å². The second-order valence-corrected chi connectivity index (χ2v) is 5.75. The number of halogens is 1. The highest BCUT2D eigenvalue weighted by atomic mass is 19.1. The molecule has 0 spiro atoms. The lowest BCUT2D eigenvalue weighted by molar-refractivity contribution is 0.194. The normalized spacial score (nSPS) is 16.5. The van der Waals surface area contributed by atoms with Crippen molar-refractivity contribution in [2.75, 3.05) is 18.0 Å². The number of rotatable bonds is 1. The third kappa shape index (κ3) is 2.26. The van der Waals surface area contributed by atoms with E-state index in [0.29, 0.717) is 17.2 Å². The molecule has 17 heavy (non-hydrogen) atoms. The van der Waals surface area contributed by atoms with Gasteiger partial charge in [-0.2, -0.15) is 5.26 Å². The Morgan fingerprint density at radius 1 is 1.35 bits per heavy atom. The van der Waals surface area contributed by atoms with E-state index in [1.54, 1.807) is 12.1 Å². The first-order valence-corrected chi connectivity index (χ1v) is 5.86. The molecule has 1 aliphatic rings. The van der Waals surface area contributed by atoms with E-state index in [1.165, 1.54) is 6.07 Å². The van der Waals surface area contributed by atoms with Gasteiger partial charge in [0.1, 0.15) is 5.82 Å². The minimum Gasteiger partial charge on any atom is -0.368 e. The average Bonchev–Trinajstić information content (AvgIpc) is 2.16. The lowest BCUT2D eigenvalue weighted by Gasteiger charge is -2.47. The highest BCUT2D eigenvalue weighted by Gasteiger charge is 2.36. The molecule has 1 heterocycles. The maximum Gasteiger partial charge on any atom is 0.147 e. The molecule has 0 saturated carbocycles. The molecule has 0 bridgehead atoms. The molecule has 0 N–H and O–H groups in total. The van der Waals surface area contributed by atoms with Gasteiger partial charge in [0.25, 0.3) is 0 Å². The fraction of sp³-hybridized carbons (Fsp3) is 0.500. The van der Waals surface area contributed by atoms with Gasteiger partial charge >= 0.3 is 0 Å². The number of hydrogen-bond acceptors (Lipinski definition) is 2. The summed E-state index contributed by atoms with van der Waals surface area (Å²) in [6, 6.07) is 6.62. The first kappa shape index (κ1) is 11.9. The van der Waals surface area contributed by atoms with Gasteiger partial charge in [0, 0.05) is 13.1 Å². The van der Waals surface area contributed by atoms with Crippen molar-refractivity contribution < 1.29 is 4.39 Å². The fourth-order valence-electron chi connectivity index (χ4n) is 2.06. The van der Waals surface area contributed by atoms with Gasteiger partial charge in [0.2, 0.25) is 0 Å². The quantitative estimate of drug-likeness (QED) is 0.743. The van der Waals surface area contributed by atoms with Crippen LogP contribution in [0.15, 0.2) is 18.2 Å². The predicted molar refractivity (Wildman–Crippen MR) is 66.3 cm³/mol. The first-order valence-electron chi connectivity index (χ1n) is 5.86. The highest BCUT2D eigenvalue weighted by molar-refractivity contribution is 5.53. The van der Waals surface area contributed by atoms with Gasteiger partial charge in [-0.05, 0) is 29.5 Å². The molecule has 0 amide bonds. The van der Waals surface area contributed by atoms with E-state index in [2.05, 4.69) is 20.8 Å². The second kappa shape index (κ2) is 4.03. The molecule has 1 fully saturated rings. The van der Waals surface area contributed by atoms with Gasteiger partial charge in [-0.15, -0.1) is 0 Å². The predicted octanol–water partition coefficient (Wildman–Crippen LogP) is 3.18. The Kier molecular flexibility index (Phi) is 2.82. The fourth-order valence-corrected chi connectivity index (χ4v) is 2.06. The van der Waals surface area contributed by atoms with Crippen LogP contribution in [-0.4, -0.2) is 13.1 Å². The van der Waals surface area contributed by atoms with Crippen LogP contribution in [0.3, 0.4) is 0 Å². The molecule has 0 aliphatic carbocycles. The molecule has 1 aliphatic heterocycles. The zero-order valence-corrected chi connectivity index (χ0v) is 10.5. The first-order chi connectivity index (χ1) is 7.91. The van der Waals surface area contributed by atoms with E-state index in [0.717, 1.165) is 13.1 Å². The monoisotopic (exact) mass is 232 g/mol. The summed E-state index contributed by atoms with van der Waals surface area (Å²) in [6.45, 7) is 8.43. The van der Waals surface area contributed by atoms with Crippen LogP contribution in [0.5, 0.6) is 0 Å². The van der Waals surface area contributed by atoms with Crippen molar-refractivity contribution >= 4 is 5.69 Å². The topological polar surface area (TPSA) is 27.0 Å². The number of hydrogen-bond donors (Lipinski definition) is 0. The smallest absolute Gasteiger partial charge is 0.147 e. The van der Waals surface area contributed by atoms with E-state index >= 15 is 0 Å². The third-order valence-electron chi connectivity index (χ3n) is 3.52. The van der Waals surface area contributed by atoms with Crippen LogP contribution in [0, 0.1) is 28.5 Å². The Balaban J connectivity index is 2.10. The van der Waals surface area contributed by atoms with Crippen LogP contribution in [0.1, 0.15) is 26.3 Å². The number of nitriles is 1. The average molecular weight is 232 g/mol. The molecule has 3 heteroatoms. The summed E-state index contributed by atoms with van der Waals surface area (Å²) in [5.74, 6) is 0.314. The van der Waals surface area contributed by atoms with Crippen LogP contribution < -0.4 is 4.90 Å². The molecule has 90 valence electrons. The molecule has 0 aromatic heterocycles. The summed E-state index contributed by atoms with van der Waals surface area (Å²) in [4.78, 5) is 2.03. The molecule has 2 nitrogen and oxygen atoms in total. The molecule has 0 atom stereocenters. The summed E-state index contributed by atoms with van der Waals surface area (Å²) < 4.78 is 13.7. The summed E-state index contributed by atoms with van der Waals surface area (Å²) in [7, 11) is 0. The summed E-state index contributed by atoms with van der Waals surface area (Å²) >= 11 is 0. The molecule has 2 rings (SSSR count). The molecule has 1 saturated heterocycles. The zero-order chi connectivity index (χ0) is 12.6. The van der Waals surface area contributed by atoms with Crippen molar-refractivity contribution in [3.05, 3.63) is 29.6 Å². The Labute approximate surface area is 102 Å². The van der Waals surface area contributed by atoms with Gasteiger partial charge < -0.3 is 4.90 Å². The van der Waals surface area contributed by atoms with Crippen LogP contribution in [0.25, 0.3) is 0 Å². The Morgan fingerprint density at radius 3 is 2.47 bits per heavy atom. The highest BCUT2D eigenvalue weighted by Crippen LogP contribution is 2.37. The second-order valence-electron chi connectivity index (χ2n) is 5.75. The van der Waals surface area contributed by atoms with Gasteiger partial charge in [-0.1, -0.05) is 20.8 Å². The van der Waals surface area contributed by atoms with Crippen molar-refractivity contribution in [3.8, 4) is 6.07 Å². The molecule has 0 unspecified atom stereocenters. The molecular weight excluding hydrogens is 215 g/mol. The summed E-state index contributed by atoms with van der Waals surface area (Å²) in [6.07, 6.45) is 0. The Hall–Kier alpha value is -1.56. The SMILES string of the molecule is CC(C)(C)C1CN(c2ccc(C#N)cc2F)C1. The minimum absolute atomic E-state index is 0.277. The van der Waals surface area contributed by atoms with Crippen LogP contribution in [0.2, 0.25) is 0 Å². The maximum atomic E-state index is 13.7. The van der Waals surface area contributed by atoms with Gasteiger partial charge in [-0.25, -0.2) is 4.39 Å². The number of nitrogens with zero attached hydrogens (tertiary/aromatic N) is 2. The molecule has 1 aromatic rings.